The highest BCUT2D eigenvalue weighted by molar-refractivity contribution is 5.88. The van der Waals surface area contributed by atoms with Gasteiger partial charge in [0, 0.05) is 7.05 Å². The number of amides is 2. The van der Waals surface area contributed by atoms with Crippen LogP contribution in [0.3, 0.4) is 0 Å². The highest BCUT2D eigenvalue weighted by Crippen LogP contribution is 2.19. The molecule has 0 aliphatic heterocycles. The Bertz CT molecular complexity index is 840. The van der Waals surface area contributed by atoms with E-state index in [2.05, 4.69) is 10.6 Å². The molecule has 0 aliphatic carbocycles. The summed E-state index contributed by atoms with van der Waals surface area (Å²) in [5, 5.41) is 4.92. The van der Waals surface area contributed by atoms with Gasteiger partial charge in [-0.3, -0.25) is 9.59 Å². The van der Waals surface area contributed by atoms with E-state index in [0.717, 1.165) is 23.3 Å². The Morgan fingerprint density at radius 2 is 1.81 bits per heavy atom. The molecule has 0 aliphatic rings. The normalized spacial score (nSPS) is 11.6. The molecule has 0 heterocycles. The van der Waals surface area contributed by atoms with Gasteiger partial charge < -0.3 is 15.4 Å². The maximum atomic E-state index is 13.5. The van der Waals surface area contributed by atoms with Crippen LogP contribution in [0, 0.1) is 25.5 Å². The third kappa shape index (κ3) is 5.51. The lowest BCUT2D eigenvalue weighted by Gasteiger charge is -2.18. The molecule has 7 heteroatoms. The van der Waals surface area contributed by atoms with Crippen LogP contribution < -0.4 is 15.4 Å². The summed E-state index contributed by atoms with van der Waals surface area (Å²) in [7, 11) is 1.39. The number of nitrogens with one attached hydrogen (secondary N) is 2. The number of carbonyl (C=O) groups excluding carboxylic acids is 2. The van der Waals surface area contributed by atoms with E-state index in [1.54, 1.807) is 0 Å². The van der Waals surface area contributed by atoms with Crippen molar-refractivity contribution >= 4 is 11.8 Å². The quantitative estimate of drug-likeness (QED) is 0.781. The van der Waals surface area contributed by atoms with Gasteiger partial charge in [0.15, 0.2) is 11.6 Å². The number of benzene rings is 2. The summed E-state index contributed by atoms with van der Waals surface area (Å²) in [5.41, 5.74) is 2.22. The van der Waals surface area contributed by atoms with Crippen LogP contribution in [0.1, 0.15) is 29.2 Å². The maximum Gasteiger partial charge on any atom is 0.246 e. The summed E-state index contributed by atoms with van der Waals surface area (Å²) in [5.74, 6) is -2.42. The zero-order valence-electron chi connectivity index (χ0n) is 15.4. The zero-order chi connectivity index (χ0) is 20.0. The van der Waals surface area contributed by atoms with Crippen molar-refractivity contribution in [1.29, 1.82) is 0 Å². The van der Waals surface area contributed by atoms with E-state index >= 15 is 0 Å². The molecular weight excluding hydrogens is 354 g/mol. The maximum absolute atomic E-state index is 13.5. The smallest absolute Gasteiger partial charge is 0.246 e. The van der Waals surface area contributed by atoms with Crippen LogP contribution >= 0.6 is 0 Å². The number of hydrogen-bond acceptors (Lipinski definition) is 3. The van der Waals surface area contributed by atoms with Gasteiger partial charge in [-0.1, -0.05) is 23.8 Å². The average molecular weight is 376 g/mol. The number of aryl methyl sites for hydroxylation is 2. The van der Waals surface area contributed by atoms with Crippen molar-refractivity contribution in [2.75, 3.05) is 13.7 Å². The molecule has 1 atom stereocenters. The number of carbonyl (C=O) groups is 2. The van der Waals surface area contributed by atoms with E-state index in [4.69, 9.17) is 4.74 Å². The number of likely N-dealkylation sites (N-methyl/N-ethyl adjacent to an activating group) is 1. The van der Waals surface area contributed by atoms with Crippen LogP contribution in [0.15, 0.2) is 36.4 Å². The van der Waals surface area contributed by atoms with Crippen LogP contribution in [-0.4, -0.2) is 25.5 Å². The minimum atomic E-state index is -1.13. The minimum Gasteiger partial charge on any atom is -0.493 e. The molecule has 2 aromatic carbocycles. The van der Waals surface area contributed by atoms with Gasteiger partial charge in [0.25, 0.3) is 0 Å². The zero-order valence-corrected chi connectivity index (χ0v) is 15.4. The molecule has 0 aromatic heterocycles. The van der Waals surface area contributed by atoms with Crippen LogP contribution in [0.5, 0.6) is 5.75 Å². The fraction of sp³-hybridized carbons (Fsp3) is 0.300. The Hall–Kier alpha value is -2.96. The number of hydrogen-bond donors (Lipinski definition) is 2. The summed E-state index contributed by atoms with van der Waals surface area (Å²) in [4.78, 5) is 24.2. The Balaban J connectivity index is 1.99. The molecule has 0 radical (unpaired) electrons. The first kappa shape index (κ1) is 20.4. The topological polar surface area (TPSA) is 67.4 Å². The van der Waals surface area contributed by atoms with E-state index in [-0.39, 0.29) is 18.6 Å². The van der Waals surface area contributed by atoms with Gasteiger partial charge in [0.05, 0.1) is 13.0 Å². The molecule has 2 N–H and O–H groups in total. The molecule has 27 heavy (non-hydrogen) atoms. The summed E-state index contributed by atoms with van der Waals surface area (Å²) in [6.45, 7) is 4.00. The SMILES string of the molecule is CNC(=O)C(NC(=O)CCOc1ccc(C)cc1C)c1ccc(F)c(F)c1. The van der Waals surface area contributed by atoms with Crippen molar-refractivity contribution in [2.45, 2.75) is 26.3 Å². The second kappa shape index (κ2) is 9.12. The van der Waals surface area contributed by atoms with Crippen LogP contribution in [0.4, 0.5) is 8.78 Å². The van der Waals surface area contributed by atoms with E-state index in [0.29, 0.717) is 5.75 Å². The largest absolute Gasteiger partial charge is 0.493 e. The molecule has 1 unspecified atom stereocenters. The van der Waals surface area contributed by atoms with E-state index in [1.807, 2.05) is 32.0 Å². The van der Waals surface area contributed by atoms with Gasteiger partial charge in [-0.2, -0.15) is 0 Å². The predicted octanol–water partition coefficient (Wildman–Crippen LogP) is 2.95. The second-order valence-corrected chi connectivity index (χ2v) is 6.16. The molecule has 144 valence electrons. The Morgan fingerprint density at radius 3 is 2.44 bits per heavy atom. The Morgan fingerprint density at radius 1 is 1.07 bits per heavy atom. The molecule has 2 rings (SSSR count). The third-order valence-corrected chi connectivity index (χ3v) is 4.01. The lowest BCUT2D eigenvalue weighted by molar-refractivity contribution is -0.129. The number of ether oxygens (including phenoxy) is 1. The first-order valence-electron chi connectivity index (χ1n) is 8.47. The Labute approximate surface area is 156 Å². The van der Waals surface area contributed by atoms with Gasteiger partial charge in [0.2, 0.25) is 11.8 Å². The fourth-order valence-electron chi connectivity index (χ4n) is 2.58. The molecule has 5 nitrogen and oxygen atoms in total. The van der Waals surface area contributed by atoms with Crippen molar-refractivity contribution in [3.8, 4) is 5.75 Å². The average Bonchev–Trinajstić information content (AvgIpc) is 2.63. The van der Waals surface area contributed by atoms with Crippen molar-refractivity contribution in [3.05, 3.63) is 64.7 Å². The standard InChI is InChI=1S/C20H22F2N2O3/c1-12-4-7-17(13(2)10-12)27-9-8-18(25)24-19(20(26)23-3)14-5-6-15(21)16(22)11-14/h4-7,10-11,19H,8-9H2,1-3H3,(H,23,26)(H,24,25). The molecule has 2 amide bonds. The fourth-order valence-corrected chi connectivity index (χ4v) is 2.58. The molecular formula is C20H22F2N2O3. The monoisotopic (exact) mass is 376 g/mol. The Kier molecular flexibility index (Phi) is 6.87. The lowest BCUT2D eigenvalue weighted by atomic mass is 10.1. The van der Waals surface area contributed by atoms with Crippen molar-refractivity contribution in [1.82, 2.24) is 10.6 Å². The molecule has 2 aromatic rings. The van der Waals surface area contributed by atoms with Gasteiger partial charge in [-0.05, 0) is 43.2 Å². The summed E-state index contributed by atoms with van der Waals surface area (Å²) >= 11 is 0. The summed E-state index contributed by atoms with van der Waals surface area (Å²) < 4.78 is 32.2. The predicted molar refractivity (Wildman–Crippen MR) is 97.3 cm³/mol. The third-order valence-electron chi connectivity index (χ3n) is 4.01. The van der Waals surface area contributed by atoms with Gasteiger partial charge in [-0.15, -0.1) is 0 Å². The minimum absolute atomic E-state index is 0.00445. The molecule has 0 spiro atoms. The van der Waals surface area contributed by atoms with Gasteiger partial charge >= 0.3 is 0 Å². The highest BCUT2D eigenvalue weighted by atomic mass is 19.2. The first-order valence-corrected chi connectivity index (χ1v) is 8.47. The molecule has 0 fully saturated rings. The van der Waals surface area contributed by atoms with Crippen LogP contribution in [0.25, 0.3) is 0 Å². The van der Waals surface area contributed by atoms with Crippen LogP contribution in [0.2, 0.25) is 0 Å². The van der Waals surface area contributed by atoms with Crippen LogP contribution in [-0.2, 0) is 9.59 Å². The molecule has 0 saturated carbocycles. The van der Waals surface area contributed by atoms with Gasteiger partial charge in [0.1, 0.15) is 11.8 Å². The lowest BCUT2D eigenvalue weighted by Crippen LogP contribution is -2.39. The van der Waals surface area contributed by atoms with E-state index in [1.165, 1.54) is 13.1 Å². The summed E-state index contributed by atoms with van der Waals surface area (Å²) in [6.07, 6.45) is 0.00445. The number of halogens is 2. The van der Waals surface area contributed by atoms with Gasteiger partial charge in [-0.25, -0.2) is 8.78 Å². The molecule has 0 bridgehead atoms. The first-order chi connectivity index (χ1) is 12.8. The highest BCUT2D eigenvalue weighted by Gasteiger charge is 2.23. The van der Waals surface area contributed by atoms with Crippen molar-refractivity contribution in [3.63, 3.8) is 0 Å². The summed E-state index contributed by atoms with van der Waals surface area (Å²) in [6, 6.07) is 7.64. The second-order valence-electron chi connectivity index (χ2n) is 6.16. The van der Waals surface area contributed by atoms with Crippen molar-refractivity contribution in [2.24, 2.45) is 0 Å². The molecule has 0 saturated heterocycles. The van der Waals surface area contributed by atoms with Crippen molar-refractivity contribution < 1.29 is 23.1 Å². The number of rotatable bonds is 7. The van der Waals surface area contributed by atoms with E-state index in [9.17, 15) is 18.4 Å². The van der Waals surface area contributed by atoms with E-state index < -0.39 is 29.5 Å².